The minimum atomic E-state index is -0.228. The molecule has 2 unspecified atom stereocenters. The summed E-state index contributed by atoms with van der Waals surface area (Å²) in [6.45, 7) is 12.6. The van der Waals surface area contributed by atoms with Gasteiger partial charge in [0.25, 0.3) is 0 Å². The molecule has 2 heterocycles. The summed E-state index contributed by atoms with van der Waals surface area (Å²) in [6.07, 6.45) is 2.37. The second-order valence-electron chi connectivity index (χ2n) is 7.72. The summed E-state index contributed by atoms with van der Waals surface area (Å²) < 4.78 is 11.6. The molecule has 118 valence electrons. The Balaban J connectivity index is 1.91. The van der Waals surface area contributed by atoms with Crippen molar-refractivity contribution in [1.82, 2.24) is 4.90 Å². The van der Waals surface area contributed by atoms with Gasteiger partial charge in [0.05, 0.1) is 11.2 Å². The number of nitrogens with two attached hydrogens (primary N) is 1. The highest BCUT2D eigenvalue weighted by molar-refractivity contribution is 5.04. The van der Waals surface area contributed by atoms with E-state index in [-0.39, 0.29) is 17.2 Å². The maximum Gasteiger partial charge on any atom is 0.0788 e. The molecule has 0 radical (unpaired) electrons. The molecule has 2 aliphatic rings. The van der Waals surface area contributed by atoms with Crippen LogP contribution in [-0.4, -0.2) is 55.5 Å². The van der Waals surface area contributed by atoms with Crippen molar-refractivity contribution < 1.29 is 9.47 Å². The van der Waals surface area contributed by atoms with Crippen LogP contribution in [0.3, 0.4) is 0 Å². The molecule has 0 aliphatic carbocycles. The minimum Gasteiger partial charge on any atom is -0.381 e. The van der Waals surface area contributed by atoms with Gasteiger partial charge in [-0.2, -0.15) is 0 Å². The van der Waals surface area contributed by atoms with E-state index in [4.69, 9.17) is 15.2 Å². The van der Waals surface area contributed by atoms with Crippen LogP contribution in [0.25, 0.3) is 0 Å². The highest BCUT2D eigenvalue weighted by Gasteiger charge is 2.52. The van der Waals surface area contributed by atoms with E-state index >= 15 is 0 Å². The lowest BCUT2D eigenvalue weighted by molar-refractivity contribution is -0.0784. The summed E-state index contributed by atoms with van der Waals surface area (Å²) in [7, 11) is 2.21. The zero-order valence-corrected chi connectivity index (χ0v) is 13.8. The van der Waals surface area contributed by atoms with Crippen molar-refractivity contribution in [3.05, 3.63) is 0 Å². The maximum atomic E-state index is 6.44. The molecule has 4 nitrogen and oxygen atoms in total. The molecule has 0 amide bonds. The molecule has 2 saturated heterocycles. The van der Waals surface area contributed by atoms with E-state index < -0.39 is 0 Å². The van der Waals surface area contributed by atoms with E-state index in [1.54, 1.807) is 0 Å². The van der Waals surface area contributed by atoms with Gasteiger partial charge in [-0.25, -0.2) is 0 Å². The van der Waals surface area contributed by atoms with Gasteiger partial charge in [-0.3, -0.25) is 0 Å². The number of hydrogen-bond donors (Lipinski definition) is 1. The van der Waals surface area contributed by atoms with E-state index in [2.05, 4.69) is 39.6 Å². The van der Waals surface area contributed by atoms with Gasteiger partial charge in [0.1, 0.15) is 0 Å². The first-order chi connectivity index (χ1) is 9.22. The Morgan fingerprint density at radius 2 is 1.65 bits per heavy atom. The predicted octanol–water partition coefficient (Wildman–Crippen LogP) is 1.88. The Bertz CT molecular complexity index is 324. The third-order valence-corrected chi connectivity index (χ3v) is 5.07. The van der Waals surface area contributed by atoms with Gasteiger partial charge in [0, 0.05) is 38.3 Å². The van der Waals surface area contributed by atoms with Crippen LogP contribution in [0.15, 0.2) is 0 Å². The summed E-state index contributed by atoms with van der Waals surface area (Å²) in [4.78, 5) is 2.44. The topological polar surface area (TPSA) is 47.7 Å². The fraction of sp³-hybridized carbons (Fsp3) is 1.00. The molecule has 2 fully saturated rings. The van der Waals surface area contributed by atoms with E-state index in [0.717, 1.165) is 32.2 Å². The molecule has 4 heteroatoms. The zero-order chi connectivity index (χ0) is 15.0. The minimum absolute atomic E-state index is 0.0923. The standard InChI is InChI=1S/C16H32N2O2/c1-15(2)13(14(17)16(3,4)20-15)11-18(5)10-12-6-8-19-9-7-12/h12-14H,6-11,17H2,1-5H3. The lowest BCUT2D eigenvalue weighted by Crippen LogP contribution is -2.48. The Morgan fingerprint density at radius 3 is 2.15 bits per heavy atom. The van der Waals surface area contributed by atoms with Crippen LogP contribution in [0.5, 0.6) is 0 Å². The molecule has 0 aromatic carbocycles. The summed E-state index contributed by atoms with van der Waals surface area (Å²) in [5.74, 6) is 1.14. The quantitative estimate of drug-likeness (QED) is 0.856. The molecule has 0 aromatic heterocycles. The van der Waals surface area contributed by atoms with Crippen LogP contribution in [0.2, 0.25) is 0 Å². The number of nitrogens with zero attached hydrogens (tertiary/aromatic N) is 1. The van der Waals surface area contributed by atoms with Gasteiger partial charge in [0.15, 0.2) is 0 Å². The molecule has 2 N–H and O–H groups in total. The van der Waals surface area contributed by atoms with Crippen molar-refractivity contribution in [1.29, 1.82) is 0 Å². The van der Waals surface area contributed by atoms with Gasteiger partial charge >= 0.3 is 0 Å². The first-order valence-electron chi connectivity index (χ1n) is 7.94. The van der Waals surface area contributed by atoms with E-state index in [1.165, 1.54) is 12.8 Å². The van der Waals surface area contributed by atoms with Crippen molar-refractivity contribution in [2.75, 3.05) is 33.4 Å². The lowest BCUT2D eigenvalue weighted by atomic mass is 9.82. The van der Waals surface area contributed by atoms with Crippen LogP contribution in [-0.2, 0) is 9.47 Å². The van der Waals surface area contributed by atoms with Crippen molar-refractivity contribution in [3.63, 3.8) is 0 Å². The van der Waals surface area contributed by atoms with E-state index in [0.29, 0.717) is 5.92 Å². The SMILES string of the molecule is CN(CC1CCOCC1)CC1C(N)C(C)(C)OC1(C)C. The molecular formula is C16H32N2O2. The summed E-state index contributed by atoms with van der Waals surface area (Å²) in [5.41, 5.74) is 6.07. The predicted molar refractivity (Wildman–Crippen MR) is 81.7 cm³/mol. The fourth-order valence-electron chi connectivity index (χ4n) is 3.85. The Morgan fingerprint density at radius 1 is 1.05 bits per heavy atom. The number of ether oxygens (including phenoxy) is 2. The molecule has 0 spiro atoms. The van der Waals surface area contributed by atoms with Crippen LogP contribution >= 0.6 is 0 Å². The Labute approximate surface area is 124 Å². The van der Waals surface area contributed by atoms with Crippen molar-refractivity contribution >= 4 is 0 Å². The second kappa shape index (κ2) is 5.91. The Hall–Kier alpha value is -0.160. The largest absolute Gasteiger partial charge is 0.381 e. The van der Waals surface area contributed by atoms with Crippen molar-refractivity contribution in [2.24, 2.45) is 17.6 Å². The molecule has 2 atom stereocenters. The first kappa shape index (κ1) is 16.2. The molecule has 2 rings (SSSR count). The summed E-state index contributed by atoms with van der Waals surface area (Å²) >= 11 is 0. The van der Waals surface area contributed by atoms with Crippen LogP contribution < -0.4 is 5.73 Å². The van der Waals surface area contributed by atoms with Gasteiger partial charge in [-0.1, -0.05) is 0 Å². The van der Waals surface area contributed by atoms with Gasteiger partial charge in [-0.05, 0) is 53.5 Å². The zero-order valence-electron chi connectivity index (χ0n) is 13.8. The highest BCUT2D eigenvalue weighted by atomic mass is 16.5. The third-order valence-electron chi connectivity index (χ3n) is 5.07. The average molecular weight is 284 g/mol. The maximum absolute atomic E-state index is 6.44. The molecule has 2 aliphatic heterocycles. The molecular weight excluding hydrogens is 252 g/mol. The normalized spacial score (nSPS) is 33.8. The van der Waals surface area contributed by atoms with E-state index in [1.807, 2.05) is 0 Å². The number of hydrogen-bond acceptors (Lipinski definition) is 4. The lowest BCUT2D eigenvalue weighted by Gasteiger charge is -2.33. The Kier molecular flexibility index (Phi) is 4.80. The molecule has 0 aromatic rings. The van der Waals surface area contributed by atoms with Gasteiger partial charge in [0.2, 0.25) is 0 Å². The monoisotopic (exact) mass is 284 g/mol. The smallest absolute Gasteiger partial charge is 0.0788 e. The van der Waals surface area contributed by atoms with Crippen LogP contribution in [0.1, 0.15) is 40.5 Å². The average Bonchev–Trinajstić information content (AvgIpc) is 2.49. The van der Waals surface area contributed by atoms with Gasteiger partial charge in [-0.15, -0.1) is 0 Å². The summed E-state index contributed by atoms with van der Waals surface area (Å²) in [5, 5.41) is 0. The van der Waals surface area contributed by atoms with Gasteiger partial charge < -0.3 is 20.1 Å². The van der Waals surface area contributed by atoms with Crippen molar-refractivity contribution in [2.45, 2.75) is 57.8 Å². The second-order valence-corrected chi connectivity index (χ2v) is 7.72. The molecule has 0 saturated carbocycles. The molecule has 20 heavy (non-hydrogen) atoms. The van der Waals surface area contributed by atoms with Crippen LogP contribution in [0, 0.1) is 11.8 Å². The van der Waals surface area contributed by atoms with E-state index in [9.17, 15) is 0 Å². The van der Waals surface area contributed by atoms with Crippen molar-refractivity contribution in [3.8, 4) is 0 Å². The number of rotatable bonds is 4. The first-order valence-corrected chi connectivity index (χ1v) is 7.94. The summed E-state index contributed by atoms with van der Waals surface area (Å²) in [6, 6.07) is 0.0923. The highest BCUT2D eigenvalue weighted by Crippen LogP contribution is 2.41. The molecule has 0 bridgehead atoms. The van der Waals surface area contributed by atoms with Crippen LogP contribution in [0.4, 0.5) is 0 Å². The third kappa shape index (κ3) is 3.53. The fourth-order valence-corrected chi connectivity index (χ4v) is 3.85.